The van der Waals surface area contributed by atoms with Gasteiger partial charge in [0.25, 0.3) is 0 Å². The third-order valence-corrected chi connectivity index (χ3v) is 8.65. The van der Waals surface area contributed by atoms with Crippen molar-refractivity contribution in [3.8, 4) is 34.0 Å². The molecule has 0 saturated carbocycles. The second kappa shape index (κ2) is 9.42. The van der Waals surface area contributed by atoms with Gasteiger partial charge in [-0.05, 0) is 29.3 Å². The monoisotopic (exact) mass is 560 g/mol. The maximum Gasteiger partial charge on any atom is 0.157 e. The molecule has 0 amide bonds. The molecule has 0 spiro atoms. The van der Waals surface area contributed by atoms with Crippen LogP contribution in [0.3, 0.4) is 0 Å². The summed E-state index contributed by atoms with van der Waals surface area (Å²) in [5.74, 6) is -0.449. The molecule has 0 radical (unpaired) electrons. The molecule has 0 aliphatic heterocycles. The van der Waals surface area contributed by atoms with Gasteiger partial charge in [-0.25, -0.2) is 4.39 Å². The smallest absolute Gasteiger partial charge is 0.157 e. The van der Waals surface area contributed by atoms with Gasteiger partial charge in [-0.1, -0.05) is 97.1 Å². The number of aromatic nitrogens is 1. The van der Waals surface area contributed by atoms with Crippen LogP contribution in [0.1, 0.15) is 5.56 Å². The molecule has 0 aliphatic carbocycles. The van der Waals surface area contributed by atoms with E-state index in [2.05, 4.69) is 33.5 Å². The highest BCUT2D eigenvalue weighted by atomic mass is 31.0. The van der Waals surface area contributed by atoms with Gasteiger partial charge in [-0.3, -0.25) is 0 Å². The van der Waals surface area contributed by atoms with Gasteiger partial charge in [0, 0.05) is 44.0 Å². The zero-order valence-corrected chi connectivity index (χ0v) is 23.5. The van der Waals surface area contributed by atoms with E-state index in [0.29, 0.717) is 27.7 Å². The Balaban J connectivity index is 1.58. The first-order chi connectivity index (χ1) is 20.7. The molecule has 5 heteroatoms. The minimum Gasteiger partial charge on any atom is -0.456 e. The largest absolute Gasteiger partial charge is 0.456 e. The third-order valence-electron chi connectivity index (χ3n) is 8.08. The summed E-state index contributed by atoms with van der Waals surface area (Å²) in [5.41, 5.74) is 6.40. The van der Waals surface area contributed by atoms with E-state index < -0.39 is 5.82 Å². The molecule has 0 bridgehead atoms. The summed E-state index contributed by atoms with van der Waals surface area (Å²) >= 11 is 0. The molecule has 2 heterocycles. The number of benzene rings is 6. The van der Waals surface area contributed by atoms with Crippen LogP contribution < -0.4 is 5.30 Å². The summed E-state index contributed by atoms with van der Waals surface area (Å²) in [6, 6.07) is 41.6. The van der Waals surface area contributed by atoms with Crippen molar-refractivity contribution < 1.29 is 8.81 Å². The van der Waals surface area contributed by atoms with E-state index in [0.717, 1.165) is 49.3 Å². The lowest BCUT2D eigenvalue weighted by molar-refractivity contribution is 0.625. The third kappa shape index (κ3) is 3.48. The molecular formula is C37H22FN2OP. The van der Waals surface area contributed by atoms with Gasteiger partial charge >= 0.3 is 0 Å². The van der Waals surface area contributed by atoms with Crippen LogP contribution in [0.5, 0.6) is 0 Å². The fourth-order valence-corrected chi connectivity index (χ4v) is 6.83. The Bertz CT molecular complexity index is 2310. The molecule has 3 nitrogen and oxygen atoms in total. The van der Waals surface area contributed by atoms with Crippen LogP contribution in [-0.4, -0.2) is 4.57 Å². The standard InChI is InChI=1S/C37H22FN2OP/c38-35-33(22-11-3-1-4-12-22)28(21-39)34(23-13-5-2-6-14-23)37(42)36(35)40-29-17-9-7-15-24(29)26-19-27-25-16-8-10-18-31(25)41-32(27)20-30(26)40/h1-20H,42H2. The number of fused-ring (bicyclic) bond motifs is 6. The van der Waals surface area contributed by atoms with Crippen molar-refractivity contribution in [2.45, 2.75) is 0 Å². The highest BCUT2D eigenvalue weighted by Crippen LogP contribution is 2.42. The lowest BCUT2D eigenvalue weighted by Crippen LogP contribution is -2.15. The maximum absolute atomic E-state index is 17.3. The molecule has 8 rings (SSSR count). The molecular weight excluding hydrogens is 538 g/mol. The predicted molar refractivity (Wildman–Crippen MR) is 173 cm³/mol. The summed E-state index contributed by atoms with van der Waals surface area (Å²) in [5, 5.41) is 15.2. The number of halogens is 1. The number of para-hydroxylation sites is 2. The van der Waals surface area contributed by atoms with Crippen LogP contribution in [0, 0.1) is 17.1 Å². The molecule has 198 valence electrons. The van der Waals surface area contributed by atoms with Gasteiger partial charge in [0.2, 0.25) is 0 Å². The van der Waals surface area contributed by atoms with E-state index in [1.807, 2.05) is 108 Å². The first-order valence-electron chi connectivity index (χ1n) is 13.7. The second-order valence-corrected chi connectivity index (χ2v) is 10.9. The topological polar surface area (TPSA) is 41.9 Å². The molecule has 8 aromatic rings. The van der Waals surface area contributed by atoms with E-state index >= 15 is 4.39 Å². The Morgan fingerprint density at radius 1 is 0.619 bits per heavy atom. The Hall–Kier alpha value is -5.23. The highest BCUT2D eigenvalue weighted by molar-refractivity contribution is 7.28. The molecule has 6 aromatic carbocycles. The Morgan fingerprint density at radius 3 is 1.95 bits per heavy atom. The van der Waals surface area contributed by atoms with Crippen LogP contribution in [-0.2, 0) is 0 Å². The van der Waals surface area contributed by atoms with Crippen LogP contribution in [0.4, 0.5) is 4.39 Å². The van der Waals surface area contributed by atoms with Gasteiger partial charge in [0.15, 0.2) is 5.82 Å². The number of nitrogens with zero attached hydrogens (tertiary/aromatic N) is 2. The number of furan rings is 1. The van der Waals surface area contributed by atoms with E-state index in [1.54, 1.807) is 0 Å². The summed E-state index contributed by atoms with van der Waals surface area (Å²) in [7, 11) is 2.75. The summed E-state index contributed by atoms with van der Waals surface area (Å²) < 4.78 is 25.5. The van der Waals surface area contributed by atoms with Crippen molar-refractivity contribution in [3.05, 3.63) is 133 Å². The van der Waals surface area contributed by atoms with E-state index in [1.165, 1.54) is 0 Å². The van der Waals surface area contributed by atoms with E-state index in [4.69, 9.17) is 4.42 Å². The average Bonchev–Trinajstić information content (AvgIpc) is 3.55. The first kappa shape index (κ1) is 24.6. The molecule has 1 atom stereocenters. The molecule has 2 aromatic heterocycles. The van der Waals surface area contributed by atoms with Gasteiger partial charge < -0.3 is 8.98 Å². The van der Waals surface area contributed by atoms with Crippen LogP contribution in [0.2, 0.25) is 0 Å². The van der Waals surface area contributed by atoms with Crippen LogP contribution >= 0.6 is 9.24 Å². The number of nitriles is 1. The Morgan fingerprint density at radius 2 is 1.24 bits per heavy atom. The fourth-order valence-electron chi connectivity index (χ4n) is 6.26. The zero-order chi connectivity index (χ0) is 28.4. The minimum atomic E-state index is -0.449. The maximum atomic E-state index is 17.3. The predicted octanol–water partition coefficient (Wildman–Crippen LogP) is 9.53. The molecule has 0 aliphatic rings. The summed E-state index contributed by atoms with van der Waals surface area (Å²) in [6.07, 6.45) is 0. The number of rotatable bonds is 3. The average molecular weight is 561 g/mol. The molecule has 0 N–H and O–H groups in total. The Kier molecular flexibility index (Phi) is 5.51. The number of hydrogen-bond acceptors (Lipinski definition) is 2. The van der Waals surface area contributed by atoms with Crippen molar-refractivity contribution >= 4 is 58.3 Å². The van der Waals surface area contributed by atoms with E-state index in [9.17, 15) is 5.26 Å². The van der Waals surface area contributed by atoms with Crippen molar-refractivity contribution in [1.29, 1.82) is 5.26 Å². The normalized spacial score (nSPS) is 11.5. The molecule has 42 heavy (non-hydrogen) atoms. The quantitative estimate of drug-likeness (QED) is 0.202. The van der Waals surface area contributed by atoms with Gasteiger partial charge in [0.05, 0.1) is 22.3 Å². The highest BCUT2D eigenvalue weighted by Gasteiger charge is 2.27. The fraction of sp³-hybridized carbons (Fsp3) is 0. The van der Waals surface area contributed by atoms with Crippen molar-refractivity contribution in [1.82, 2.24) is 4.57 Å². The van der Waals surface area contributed by atoms with Gasteiger partial charge in [0.1, 0.15) is 17.2 Å². The summed E-state index contributed by atoms with van der Waals surface area (Å²) in [6.45, 7) is 0. The number of hydrogen-bond donors (Lipinski definition) is 0. The molecule has 1 unspecified atom stereocenters. The second-order valence-electron chi connectivity index (χ2n) is 10.4. The van der Waals surface area contributed by atoms with Crippen LogP contribution in [0.15, 0.2) is 126 Å². The van der Waals surface area contributed by atoms with Crippen molar-refractivity contribution in [3.63, 3.8) is 0 Å². The van der Waals surface area contributed by atoms with Gasteiger partial charge in [-0.2, -0.15) is 5.26 Å². The lowest BCUT2D eigenvalue weighted by atomic mass is 9.90. The minimum absolute atomic E-state index is 0.286. The van der Waals surface area contributed by atoms with Crippen LogP contribution in [0.25, 0.3) is 71.7 Å². The Labute approximate surface area is 243 Å². The first-order valence-corrected chi connectivity index (χ1v) is 14.2. The van der Waals surface area contributed by atoms with E-state index in [-0.39, 0.29) is 5.56 Å². The van der Waals surface area contributed by atoms with Crippen molar-refractivity contribution in [2.24, 2.45) is 0 Å². The molecule has 0 fully saturated rings. The van der Waals surface area contributed by atoms with Crippen molar-refractivity contribution in [2.75, 3.05) is 0 Å². The van der Waals surface area contributed by atoms with Gasteiger partial charge in [-0.15, -0.1) is 9.24 Å². The SMILES string of the molecule is N#Cc1c(-c2ccccc2)c(F)c(-n2c3ccccc3c3cc4c(cc32)oc2ccccc24)c(P)c1-c1ccccc1. The summed E-state index contributed by atoms with van der Waals surface area (Å²) in [4.78, 5) is 0. The molecule has 0 saturated heterocycles. The zero-order valence-electron chi connectivity index (χ0n) is 22.3. The lowest BCUT2D eigenvalue weighted by Gasteiger charge is -2.21.